The van der Waals surface area contributed by atoms with Crippen molar-refractivity contribution in [3.05, 3.63) is 206 Å². The van der Waals surface area contributed by atoms with E-state index in [-0.39, 0.29) is 0 Å². The minimum absolute atomic E-state index is 0.643. The Hall–Kier alpha value is -8.33. The molecule has 0 N–H and O–H groups in total. The SMILES string of the molecule is N#Cc1cc2c(c3ccccc3n2-c2ccccc2)c2c1c1cc(-n3c4ccccc4c4ccc5c(c6ccccc6n5-c5ccccc5)c43)ccc1n2-c1ccccc1. The molecule has 278 valence electrons. The fourth-order valence-electron chi connectivity index (χ4n) is 10.2. The van der Waals surface area contributed by atoms with Crippen LogP contribution >= 0.6 is 0 Å². The molecule has 0 unspecified atom stereocenters. The minimum atomic E-state index is 0.643. The summed E-state index contributed by atoms with van der Waals surface area (Å²) in [5.74, 6) is 0. The Bertz CT molecular complexity index is 3930. The molecule has 0 spiro atoms. The normalized spacial score (nSPS) is 12.0. The Morgan fingerprint density at radius 2 is 0.733 bits per heavy atom. The lowest BCUT2D eigenvalue weighted by Gasteiger charge is -2.12. The number of benzene rings is 9. The van der Waals surface area contributed by atoms with Gasteiger partial charge in [-0.05, 0) is 84.9 Å². The number of hydrogen-bond donors (Lipinski definition) is 0. The first kappa shape index (κ1) is 32.7. The van der Waals surface area contributed by atoms with Crippen LogP contribution in [0.3, 0.4) is 0 Å². The molecule has 4 heterocycles. The Kier molecular flexibility index (Phi) is 6.73. The molecule has 0 aliphatic rings. The molecule has 9 aromatic carbocycles. The molecule has 0 amide bonds. The lowest BCUT2D eigenvalue weighted by Crippen LogP contribution is -1.97. The van der Waals surface area contributed by atoms with Gasteiger partial charge in [-0.1, -0.05) is 115 Å². The third-order valence-corrected chi connectivity index (χ3v) is 12.5. The van der Waals surface area contributed by atoms with Gasteiger partial charge in [0.15, 0.2) is 0 Å². The number of hydrogen-bond acceptors (Lipinski definition) is 1. The predicted octanol–water partition coefficient (Wildman–Crippen LogP) is 13.9. The van der Waals surface area contributed by atoms with Gasteiger partial charge in [-0.2, -0.15) is 5.26 Å². The van der Waals surface area contributed by atoms with Gasteiger partial charge in [-0.25, -0.2) is 0 Å². The van der Waals surface area contributed by atoms with E-state index in [0.717, 1.165) is 77.4 Å². The van der Waals surface area contributed by atoms with Crippen LogP contribution in [0.4, 0.5) is 0 Å². The summed E-state index contributed by atoms with van der Waals surface area (Å²) < 4.78 is 9.51. The van der Waals surface area contributed by atoms with Crippen LogP contribution in [0.5, 0.6) is 0 Å². The highest BCUT2D eigenvalue weighted by Gasteiger charge is 2.26. The molecule has 0 bridgehead atoms. The van der Waals surface area contributed by atoms with E-state index < -0.39 is 0 Å². The zero-order valence-corrected chi connectivity index (χ0v) is 32.3. The molecule has 0 radical (unpaired) electrons. The first-order valence-corrected chi connectivity index (χ1v) is 20.3. The van der Waals surface area contributed by atoms with E-state index >= 15 is 0 Å². The highest BCUT2D eigenvalue weighted by atomic mass is 15.0. The largest absolute Gasteiger partial charge is 0.309 e. The number of nitrogens with zero attached hydrogens (tertiary/aromatic N) is 5. The Labute approximate surface area is 344 Å². The maximum atomic E-state index is 11.1. The minimum Gasteiger partial charge on any atom is -0.309 e. The third kappa shape index (κ3) is 4.34. The molecule has 5 nitrogen and oxygen atoms in total. The summed E-state index contributed by atoms with van der Waals surface area (Å²) in [6, 6.07) is 74.0. The molecule has 13 aromatic rings. The molecule has 0 saturated heterocycles. The second-order valence-corrected chi connectivity index (χ2v) is 15.6. The van der Waals surface area contributed by atoms with Crippen LogP contribution in [0, 0.1) is 11.3 Å². The van der Waals surface area contributed by atoms with E-state index in [0.29, 0.717) is 5.56 Å². The molecule has 13 rings (SSSR count). The Morgan fingerprint density at radius 3 is 1.33 bits per heavy atom. The zero-order chi connectivity index (χ0) is 39.5. The van der Waals surface area contributed by atoms with Crippen LogP contribution in [0.1, 0.15) is 5.56 Å². The van der Waals surface area contributed by atoms with E-state index in [9.17, 15) is 5.26 Å². The molecule has 0 aliphatic carbocycles. The number of nitriles is 1. The zero-order valence-electron chi connectivity index (χ0n) is 32.3. The smallest absolute Gasteiger partial charge is 0.0999 e. The molecular weight excluding hydrogens is 731 g/mol. The fourth-order valence-corrected chi connectivity index (χ4v) is 10.2. The predicted molar refractivity (Wildman–Crippen MR) is 249 cm³/mol. The molecule has 0 aliphatic heterocycles. The van der Waals surface area contributed by atoms with Crippen LogP contribution < -0.4 is 0 Å². The van der Waals surface area contributed by atoms with Crippen molar-refractivity contribution >= 4 is 87.2 Å². The average molecular weight is 764 g/mol. The van der Waals surface area contributed by atoms with Crippen LogP contribution in [-0.4, -0.2) is 18.3 Å². The van der Waals surface area contributed by atoms with E-state index in [2.05, 4.69) is 218 Å². The van der Waals surface area contributed by atoms with E-state index in [1.54, 1.807) is 0 Å². The quantitative estimate of drug-likeness (QED) is 0.176. The van der Waals surface area contributed by atoms with Gasteiger partial charge in [0, 0.05) is 65.8 Å². The van der Waals surface area contributed by atoms with Gasteiger partial charge in [0.25, 0.3) is 0 Å². The third-order valence-electron chi connectivity index (χ3n) is 12.5. The van der Waals surface area contributed by atoms with Crippen LogP contribution in [0.25, 0.3) is 110 Å². The summed E-state index contributed by atoms with van der Waals surface area (Å²) in [5.41, 5.74) is 13.7. The first-order valence-electron chi connectivity index (χ1n) is 20.3. The summed E-state index contributed by atoms with van der Waals surface area (Å²) in [6.45, 7) is 0. The van der Waals surface area contributed by atoms with Gasteiger partial charge in [0.1, 0.15) is 0 Å². The topological polar surface area (TPSA) is 43.5 Å². The van der Waals surface area contributed by atoms with Gasteiger partial charge in [0.2, 0.25) is 0 Å². The second-order valence-electron chi connectivity index (χ2n) is 15.6. The van der Waals surface area contributed by atoms with Gasteiger partial charge in [-0.15, -0.1) is 0 Å². The average Bonchev–Trinajstić information content (AvgIpc) is 4.04. The van der Waals surface area contributed by atoms with Crippen molar-refractivity contribution in [2.45, 2.75) is 0 Å². The van der Waals surface area contributed by atoms with E-state index in [1.165, 1.54) is 32.6 Å². The number of aromatic nitrogens is 4. The highest BCUT2D eigenvalue weighted by molar-refractivity contribution is 6.29. The van der Waals surface area contributed by atoms with Gasteiger partial charge in [-0.3, -0.25) is 0 Å². The second kappa shape index (κ2) is 12.3. The first-order chi connectivity index (χ1) is 29.8. The molecular formula is C55H33N5. The summed E-state index contributed by atoms with van der Waals surface area (Å²) in [7, 11) is 0. The lowest BCUT2D eigenvalue weighted by atomic mass is 10.0. The van der Waals surface area contributed by atoms with Crippen molar-refractivity contribution < 1.29 is 0 Å². The lowest BCUT2D eigenvalue weighted by molar-refractivity contribution is 1.17. The number of rotatable bonds is 4. The van der Waals surface area contributed by atoms with Gasteiger partial charge in [0.05, 0.1) is 55.8 Å². The van der Waals surface area contributed by atoms with Crippen molar-refractivity contribution in [3.8, 4) is 28.8 Å². The Morgan fingerprint density at radius 1 is 0.283 bits per heavy atom. The highest BCUT2D eigenvalue weighted by Crippen LogP contribution is 2.46. The molecule has 0 atom stereocenters. The fraction of sp³-hybridized carbons (Fsp3) is 0. The molecule has 5 heteroatoms. The summed E-state index contributed by atoms with van der Waals surface area (Å²) >= 11 is 0. The summed E-state index contributed by atoms with van der Waals surface area (Å²) in [4.78, 5) is 0. The van der Waals surface area contributed by atoms with Gasteiger partial charge >= 0.3 is 0 Å². The van der Waals surface area contributed by atoms with Crippen LogP contribution in [0.15, 0.2) is 200 Å². The maximum absolute atomic E-state index is 11.1. The maximum Gasteiger partial charge on any atom is 0.0999 e. The van der Waals surface area contributed by atoms with Crippen molar-refractivity contribution in [2.24, 2.45) is 0 Å². The number of para-hydroxylation sites is 6. The molecule has 60 heavy (non-hydrogen) atoms. The summed E-state index contributed by atoms with van der Waals surface area (Å²) in [6.07, 6.45) is 0. The Balaban J connectivity index is 1.20. The van der Waals surface area contributed by atoms with E-state index in [1.807, 2.05) is 6.07 Å². The number of fused-ring (bicyclic) bond motifs is 14. The van der Waals surface area contributed by atoms with Crippen LogP contribution in [-0.2, 0) is 0 Å². The van der Waals surface area contributed by atoms with Gasteiger partial charge < -0.3 is 18.3 Å². The molecule has 0 saturated carbocycles. The summed E-state index contributed by atoms with van der Waals surface area (Å²) in [5, 5.41) is 20.2. The molecule has 0 fully saturated rings. The van der Waals surface area contributed by atoms with Crippen LogP contribution in [0.2, 0.25) is 0 Å². The van der Waals surface area contributed by atoms with Crippen molar-refractivity contribution in [2.75, 3.05) is 0 Å². The van der Waals surface area contributed by atoms with Crippen molar-refractivity contribution in [1.29, 1.82) is 5.26 Å². The van der Waals surface area contributed by atoms with Crippen molar-refractivity contribution in [1.82, 2.24) is 18.3 Å². The standard InChI is InChI=1S/C55H33N5/c56-34-35-32-50-53(43-24-12-15-27-47(43)58(50)37-18-6-2-7-19-37)55-51(35)44-33-39(28-30-48(44)59(55)38-20-8-3-9-21-38)60-45-25-13-10-22-40(45)41-29-31-49-52(54(41)60)42-23-11-14-26-46(42)57(49)36-16-4-1-5-17-36/h1-33H. The van der Waals surface area contributed by atoms with E-state index in [4.69, 9.17) is 0 Å². The monoisotopic (exact) mass is 763 g/mol. The molecule has 4 aromatic heterocycles. The van der Waals surface area contributed by atoms with Crippen molar-refractivity contribution in [3.63, 3.8) is 0 Å².